The molecule has 1 heterocycles. The Balaban J connectivity index is 0.911. The van der Waals surface area contributed by atoms with Gasteiger partial charge < -0.3 is 4.57 Å². The first kappa shape index (κ1) is 41.2. The SMILES string of the molecule is O=P(c1ccccc1)(c1ccccc1)c1ccc(-c2ccc(C3(c4ccc(-c5nc(-c6ccc(-c7ccccc7)cc6)nc(-c6ccc7ccccc7c6)n5)cc4)CCCCC3)cc2)cc1. The van der Waals surface area contributed by atoms with Crippen molar-refractivity contribution in [3.05, 3.63) is 242 Å². The Labute approximate surface area is 387 Å². The van der Waals surface area contributed by atoms with Gasteiger partial charge >= 0.3 is 0 Å². The summed E-state index contributed by atoms with van der Waals surface area (Å²) in [6.07, 6.45) is 5.80. The molecule has 1 aliphatic carbocycles. The minimum absolute atomic E-state index is 0.0990. The van der Waals surface area contributed by atoms with E-state index in [9.17, 15) is 4.57 Å². The molecule has 1 saturated carbocycles. The molecule has 0 aliphatic heterocycles. The largest absolute Gasteiger partial charge is 0.309 e. The zero-order valence-electron chi connectivity index (χ0n) is 36.7. The third-order valence-corrected chi connectivity index (χ3v) is 16.6. The quantitative estimate of drug-likeness (QED) is 0.129. The predicted octanol–water partition coefficient (Wildman–Crippen LogP) is 14.2. The van der Waals surface area contributed by atoms with Gasteiger partial charge in [-0.2, -0.15) is 0 Å². The van der Waals surface area contributed by atoms with E-state index in [1.165, 1.54) is 41.3 Å². The van der Waals surface area contributed by atoms with Crippen LogP contribution in [-0.2, 0) is 9.98 Å². The smallest absolute Gasteiger partial charge is 0.171 e. The van der Waals surface area contributed by atoms with Crippen LogP contribution in [-0.4, -0.2) is 15.0 Å². The van der Waals surface area contributed by atoms with Crippen LogP contribution in [0.1, 0.15) is 43.2 Å². The van der Waals surface area contributed by atoms with Crippen molar-refractivity contribution in [2.75, 3.05) is 0 Å². The van der Waals surface area contributed by atoms with Gasteiger partial charge in [-0.25, -0.2) is 15.0 Å². The first-order valence-electron chi connectivity index (χ1n) is 23.0. The zero-order valence-corrected chi connectivity index (χ0v) is 37.6. The van der Waals surface area contributed by atoms with E-state index in [-0.39, 0.29) is 5.41 Å². The molecule has 0 radical (unpaired) electrons. The average Bonchev–Trinajstić information content (AvgIpc) is 3.41. The lowest BCUT2D eigenvalue weighted by molar-refractivity contribution is 0.346. The number of hydrogen-bond acceptors (Lipinski definition) is 4. The van der Waals surface area contributed by atoms with E-state index in [4.69, 9.17) is 15.0 Å². The monoisotopic (exact) mass is 869 g/mol. The Hall–Kier alpha value is -7.52. The van der Waals surface area contributed by atoms with Crippen molar-refractivity contribution >= 4 is 33.8 Å². The highest BCUT2D eigenvalue weighted by Gasteiger charge is 2.36. The van der Waals surface area contributed by atoms with Crippen LogP contribution in [0.25, 0.3) is 67.2 Å². The summed E-state index contributed by atoms with van der Waals surface area (Å²) in [5.41, 5.74) is 9.98. The van der Waals surface area contributed by atoms with Gasteiger partial charge in [0.1, 0.15) is 0 Å². The maximum atomic E-state index is 15.0. The second-order valence-corrected chi connectivity index (χ2v) is 20.2. The molecule has 9 aromatic carbocycles. The number of benzene rings is 9. The van der Waals surface area contributed by atoms with Gasteiger partial charge in [0.05, 0.1) is 0 Å². The molecule has 1 aromatic heterocycles. The lowest BCUT2D eigenvalue weighted by atomic mass is 9.65. The molecule has 4 nitrogen and oxygen atoms in total. The number of hydrogen-bond donors (Lipinski definition) is 0. The lowest BCUT2D eigenvalue weighted by Gasteiger charge is -2.39. The molecule has 318 valence electrons. The van der Waals surface area contributed by atoms with Gasteiger partial charge in [-0.1, -0.05) is 244 Å². The first-order chi connectivity index (χ1) is 32.5. The van der Waals surface area contributed by atoms with Crippen LogP contribution in [0.2, 0.25) is 0 Å². The van der Waals surface area contributed by atoms with Gasteiger partial charge in [0.25, 0.3) is 0 Å². The Morgan fingerprint density at radius 3 is 1.21 bits per heavy atom. The van der Waals surface area contributed by atoms with Gasteiger partial charge in [0.15, 0.2) is 24.6 Å². The van der Waals surface area contributed by atoms with Crippen LogP contribution >= 0.6 is 7.14 Å². The highest BCUT2D eigenvalue weighted by atomic mass is 31.2. The summed E-state index contributed by atoms with van der Waals surface area (Å²) >= 11 is 0. The molecule has 5 heteroatoms. The number of fused-ring (bicyclic) bond motifs is 1. The van der Waals surface area contributed by atoms with Gasteiger partial charge in [0.2, 0.25) is 0 Å². The van der Waals surface area contributed by atoms with E-state index in [2.05, 4.69) is 164 Å². The number of rotatable bonds is 10. The molecular formula is C61H48N3OP. The molecule has 0 bridgehead atoms. The van der Waals surface area contributed by atoms with Crippen molar-refractivity contribution in [2.45, 2.75) is 37.5 Å². The average molecular weight is 870 g/mol. The fourth-order valence-corrected chi connectivity index (χ4v) is 12.6. The predicted molar refractivity (Wildman–Crippen MR) is 274 cm³/mol. The van der Waals surface area contributed by atoms with E-state index in [1.807, 2.05) is 66.7 Å². The molecule has 0 spiro atoms. The third-order valence-electron chi connectivity index (χ3n) is 13.5. The topological polar surface area (TPSA) is 55.7 Å². The van der Waals surface area contributed by atoms with Crippen LogP contribution < -0.4 is 15.9 Å². The molecule has 0 amide bonds. The fraction of sp³-hybridized carbons (Fsp3) is 0.0984. The molecule has 0 saturated heterocycles. The van der Waals surface area contributed by atoms with Crippen molar-refractivity contribution in [1.82, 2.24) is 15.0 Å². The third kappa shape index (κ3) is 7.89. The lowest BCUT2D eigenvalue weighted by Crippen LogP contribution is -2.30. The molecule has 10 aromatic rings. The number of aromatic nitrogens is 3. The van der Waals surface area contributed by atoms with Crippen LogP contribution in [0.15, 0.2) is 231 Å². The van der Waals surface area contributed by atoms with E-state index >= 15 is 0 Å². The van der Waals surface area contributed by atoms with Gasteiger partial charge in [-0.15, -0.1) is 0 Å². The summed E-state index contributed by atoms with van der Waals surface area (Å²) in [6, 6.07) is 80.0. The Bertz CT molecular complexity index is 3270. The van der Waals surface area contributed by atoms with E-state index in [0.717, 1.165) is 67.5 Å². The van der Waals surface area contributed by atoms with Crippen LogP contribution in [0.5, 0.6) is 0 Å². The maximum absolute atomic E-state index is 15.0. The van der Waals surface area contributed by atoms with Gasteiger partial charge in [-0.3, -0.25) is 0 Å². The molecule has 66 heavy (non-hydrogen) atoms. The highest BCUT2D eigenvalue weighted by molar-refractivity contribution is 7.85. The van der Waals surface area contributed by atoms with E-state index in [1.54, 1.807) is 0 Å². The molecule has 0 atom stereocenters. The van der Waals surface area contributed by atoms with Crippen molar-refractivity contribution in [2.24, 2.45) is 0 Å². The second kappa shape index (κ2) is 17.8. The van der Waals surface area contributed by atoms with Crippen molar-refractivity contribution in [3.8, 4) is 56.4 Å². The van der Waals surface area contributed by atoms with Crippen LogP contribution in [0.3, 0.4) is 0 Å². The molecule has 0 unspecified atom stereocenters. The Kier molecular flexibility index (Phi) is 11.1. The Morgan fingerprint density at radius 1 is 0.318 bits per heavy atom. The summed E-state index contributed by atoms with van der Waals surface area (Å²) in [7, 11) is -3.05. The molecule has 1 fully saturated rings. The van der Waals surface area contributed by atoms with Crippen molar-refractivity contribution < 1.29 is 4.57 Å². The zero-order chi connectivity index (χ0) is 44.3. The summed E-state index contributed by atoms with van der Waals surface area (Å²) < 4.78 is 15.0. The summed E-state index contributed by atoms with van der Waals surface area (Å²) in [6.45, 7) is 0. The van der Waals surface area contributed by atoms with E-state index in [0.29, 0.717) is 17.5 Å². The van der Waals surface area contributed by atoms with E-state index < -0.39 is 7.14 Å². The molecular weight excluding hydrogens is 822 g/mol. The highest BCUT2D eigenvalue weighted by Crippen LogP contribution is 2.46. The van der Waals surface area contributed by atoms with Crippen molar-refractivity contribution in [3.63, 3.8) is 0 Å². The fourth-order valence-electron chi connectivity index (χ4n) is 9.94. The van der Waals surface area contributed by atoms with Gasteiger partial charge in [0, 0.05) is 38.0 Å². The number of nitrogens with zero attached hydrogens (tertiary/aromatic N) is 3. The van der Waals surface area contributed by atoms with Gasteiger partial charge in [-0.05, 0) is 63.1 Å². The molecule has 0 N–H and O–H groups in total. The minimum atomic E-state index is -3.05. The molecule has 1 aliphatic rings. The summed E-state index contributed by atoms with van der Waals surface area (Å²) in [5.74, 6) is 1.95. The second-order valence-electron chi connectivity index (χ2n) is 17.4. The minimum Gasteiger partial charge on any atom is -0.309 e. The van der Waals surface area contributed by atoms with Crippen LogP contribution in [0, 0.1) is 0 Å². The summed E-state index contributed by atoms with van der Waals surface area (Å²) in [5, 5.41) is 4.84. The first-order valence-corrected chi connectivity index (χ1v) is 24.7. The van der Waals surface area contributed by atoms with Crippen molar-refractivity contribution in [1.29, 1.82) is 0 Å². The Morgan fingerprint density at radius 2 is 0.682 bits per heavy atom. The standard InChI is InChI=1S/C61H48N3OP/c65-66(55-19-7-2-8-20-55,56-21-9-3-10-22-56)57-39-33-48(34-40-57)47-29-35-53(36-30-47)61(41-13-4-14-42-61)54-37-31-50(32-38-54)59-62-58(49-26-23-46(24-27-49)44-15-5-1-6-16-44)63-60(64-59)52-28-25-45-17-11-12-18-51(45)43-52/h1-3,5-12,15-40,43H,4,13-14,41-42H2. The summed E-state index contributed by atoms with van der Waals surface area (Å²) in [4.78, 5) is 15.4. The molecule has 11 rings (SSSR count). The van der Waals surface area contributed by atoms with Crippen LogP contribution in [0.4, 0.5) is 0 Å². The normalized spacial score (nSPS) is 13.6. The maximum Gasteiger partial charge on any atom is 0.171 e.